The van der Waals surface area contributed by atoms with Gasteiger partial charge in [0.2, 0.25) is 0 Å². The number of pyridine rings is 1. The Morgan fingerprint density at radius 1 is 1.25 bits per heavy atom. The predicted octanol–water partition coefficient (Wildman–Crippen LogP) is 2.93. The summed E-state index contributed by atoms with van der Waals surface area (Å²) in [6.45, 7) is 4.48. The summed E-state index contributed by atoms with van der Waals surface area (Å²) in [5.41, 5.74) is 4.21. The fraction of sp³-hybridized carbons (Fsp3) is 0.250. The van der Waals surface area contributed by atoms with E-state index in [-0.39, 0.29) is 5.75 Å². The minimum atomic E-state index is 0.272. The SMILES string of the molecule is Cc1cc(NCCc2ccc(O)cc2)c(C#N)c(C)n1. The molecule has 0 saturated heterocycles. The van der Waals surface area contributed by atoms with Crippen LogP contribution in [0.2, 0.25) is 0 Å². The van der Waals surface area contributed by atoms with Gasteiger partial charge in [-0.15, -0.1) is 0 Å². The molecule has 0 atom stereocenters. The highest BCUT2D eigenvalue weighted by Crippen LogP contribution is 2.18. The second-order valence-electron chi connectivity index (χ2n) is 4.73. The number of hydrogen-bond donors (Lipinski definition) is 2. The van der Waals surface area contributed by atoms with E-state index in [0.29, 0.717) is 5.56 Å². The molecule has 2 N–H and O–H groups in total. The molecule has 0 unspecified atom stereocenters. The summed E-state index contributed by atoms with van der Waals surface area (Å²) in [4.78, 5) is 4.29. The van der Waals surface area contributed by atoms with E-state index >= 15 is 0 Å². The lowest BCUT2D eigenvalue weighted by molar-refractivity contribution is 0.475. The normalized spacial score (nSPS) is 10.1. The Morgan fingerprint density at radius 2 is 1.95 bits per heavy atom. The van der Waals surface area contributed by atoms with Crippen molar-refractivity contribution in [3.05, 3.63) is 52.8 Å². The Bertz CT molecular complexity index is 642. The second kappa shape index (κ2) is 6.07. The summed E-state index contributed by atoms with van der Waals surface area (Å²) in [5, 5.41) is 21.7. The van der Waals surface area contributed by atoms with Crippen molar-refractivity contribution in [2.75, 3.05) is 11.9 Å². The minimum absolute atomic E-state index is 0.272. The number of aromatic nitrogens is 1. The Morgan fingerprint density at radius 3 is 2.60 bits per heavy atom. The number of phenols is 1. The highest BCUT2D eigenvalue weighted by Gasteiger charge is 2.07. The molecule has 20 heavy (non-hydrogen) atoms. The smallest absolute Gasteiger partial charge is 0.115 e. The first-order chi connectivity index (χ1) is 9.60. The molecule has 1 aromatic carbocycles. The van der Waals surface area contributed by atoms with E-state index in [0.717, 1.165) is 35.6 Å². The standard InChI is InChI=1S/C16H17N3O/c1-11-9-16(15(10-17)12(2)19-11)18-8-7-13-3-5-14(20)6-4-13/h3-6,9,20H,7-8H2,1-2H3,(H,18,19). The molecular weight excluding hydrogens is 250 g/mol. The van der Waals surface area contributed by atoms with Crippen LogP contribution in [0.1, 0.15) is 22.5 Å². The van der Waals surface area contributed by atoms with Crippen LogP contribution in [-0.4, -0.2) is 16.6 Å². The molecule has 2 rings (SSSR count). The fourth-order valence-corrected chi connectivity index (χ4v) is 2.11. The van der Waals surface area contributed by atoms with E-state index in [9.17, 15) is 10.4 Å². The molecular formula is C16H17N3O. The fourth-order valence-electron chi connectivity index (χ4n) is 2.11. The number of nitrogens with zero attached hydrogens (tertiary/aromatic N) is 2. The maximum atomic E-state index is 9.23. The molecule has 0 saturated carbocycles. The second-order valence-corrected chi connectivity index (χ2v) is 4.73. The number of phenolic OH excluding ortho intramolecular Hbond substituents is 1. The van der Waals surface area contributed by atoms with Crippen LogP contribution >= 0.6 is 0 Å². The first-order valence-electron chi connectivity index (χ1n) is 6.50. The largest absolute Gasteiger partial charge is 0.508 e. The van der Waals surface area contributed by atoms with Crippen molar-refractivity contribution < 1.29 is 5.11 Å². The van der Waals surface area contributed by atoms with Crippen molar-refractivity contribution in [3.63, 3.8) is 0 Å². The monoisotopic (exact) mass is 267 g/mol. The summed E-state index contributed by atoms with van der Waals surface area (Å²) in [6, 6.07) is 11.2. The number of benzene rings is 1. The van der Waals surface area contributed by atoms with Crippen LogP contribution in [0.5, 0.6) is 5.75 Å². The van der Waals surface area contributed by atoms with E-state index in [1.54, 1.807) is 12.1 Å². The molecule has 1 aromatic heterocycles. The Hall–Kier alpha value is -2.54. The highest BCUT2D eigenvalue weighted by atomic mass is 16.3. The highest BCUT2D eigenvalue weighted by molar-refractivity contribution is 5.59. The van der Waals surface area contributed by atoms with E-state index < -0.39 is 0 Å². The predicted molar refractivity (Wildman–Crippen MR) is 78.7 cm³/mol. The average Bonchev–Trinajstić information content (AvgIpc) is 2.40. The van der Waals surface area contributed by atoms with Crippen LogP contribution in [-0.2, 0) is 6.42 Å². The Balaban J connectivity index is 2.04. The molecule has 102 valence electrons. The van der Waals surface area contributed by atoms with Crippen LogP contribution in [0.4, 0.5) is 5.69 Å². The zero-order chi connectivity index (χ0) is 14.5. The van der Waals surface area contributed by atoms with Crippen LogP contribution in [0.25, 0.3) is 0 Å². The molecule has 4 heteroatoms. The van der Waals surface area contributed by atoms with Crippen LogP contribution in [0.15, 0.2) is 30.3 Å². The minimum Gasteiger partial charge on any atom is -0.508 e. The quantitative estimate of drug-likeness (QED) is 0.893. The van der Waals surface area contributed by atoms with Crippen molar-refractivity contribution in [2.24, 2.45) is 0 Å². The summed E-state index contributed by atoms with van der Waals surface area (Å²) >= 11 is 0. The molecule has 1 heterocycles. The van der Waals surface area contributed by atoms with Gasteiger partial charge in [0.15, 0.2) is 0 Å². The number of hydrogen-bond acceptors (Lipinski definition) is 4. The molecule has 0 amide bonds. The zero-order valence-electron chi connectivity index (χ0n) is 11.6. The van der Waals surface area contributed by atoms with Gasteiger partial charge in [0.1, 0.15) is 11.8 Å². The first kappa shape index (κ1) is 13.9. The van der Waals surface area contributed by atoms with E-state index in [1.165, 1.54) is 0 Å². The van der Waals surface area contributed by atoms with Crippen LogP contribution in [0, 0.1) is 25.2 Å². The number of nitriles is 1. The molecule has 0 radical (unpaired) electrons. The molecule has 0 fully saturated rings. The first-order valence-corrected chi connectivity index (χ1v) is 6.50. The number of rotatable bonds is 4. The summed E-state index contributed by atoms with van der Waals surface area (Å²) in [7, 11) is 0. The number of aromatic hydroxyl groups is 1. The van der Waals surface area contributed by atoms with Crippen molar-refractivity contribution in [2.45, 2.75) is 20.3 Å². The van der Waals surface area contributed by atoms with Crippen LogP contribution < -0.4 is 5.32 Å². The lowest BCUT2D eigenvalue weighted by Crippen LogP contribution is -2.08. The molecule has 0 aliphatic rings. The lowest BCUT2D eigenvalue weighted by atomic mass is 10.1. The third-order valence-corrected chi connectivity index (χ3v) is 3.11. The molecule has 4 nitrogen and oxygen atoms in total. The van der Waals surface area contributed by atoms with Crippen molar-refractivity contribution >= 4 is 5.69 Å². The van der Waals surface area contributed by atoms with Gasteiger partial charge < -0.3 is 10.4 Å². The molecule has 0 spiro atoms. The van der Waals surface area contributed by atoms with Gasteiger partial charge >= 0.3 is 0 Å². The van der Waals surface area contributed by atoms with Gasteiger partial charge in [-0.25, -0.2) is 0 Å². The Labute approximate surface area is 118 Å². The average molecular weight is 267 g/mol. The third-order valence-electron chi connectivity index (χ3n) is 3.11. The van der Waals surface area contributed by atoms with Gasteiger partial charge in [0, 0.05) is 12.2 Å². The van der Waals surface area contributed by atoms with Gasteiger partial charge in [-0.2, -0.15) is 5.26 Å². The van der Waals surface area contributed by atoms with E-state index in [4.69, 9.17) is 0 Å². The summed E-state index contributed by atoms with van der Waals surface area (Å²) in [5.74, 6) is 0.272. The van der Waals surface area contributed by atoms with Gasteiger partial charge in [0.25, 0.3) is 0 Å². The third kappa shape index (κ3) is 3.27. The van der Waals surface area contributed by atoms with Crippen molar-refractivity contribution in [1.82, 2.24) is 4.98 Å². The maximum absolute atomic E-state index is 9.23. The number of aryl methyl sites for hydroxylation is 2. The number of anilines is 1. The zero-order valence-corrected chi connectivity index (χ0v) is 11.6. The maximum Gasteiger partial charge on any atom is 0.115 e. The van der Waals surface area contributed by atoms with E-state index in [1.807, 2.05) is 32.0 Å². The number of nitrogens with one attached hydrogen (secondary N) is 1. The summed E-state index contributed by atoms with van der Waals surface area (Å²) in [6.07, 6.45) is 0.825. The Kier molecular flexibility index (Phi) is 4.21. The molecule has 0 bridgehead atoms. The van der Waals surface area contributed by atoms with Gasteiger partial charge in [-0.3, -0.25) is 4.98 Å². The topological polar surface area (TPSA) is 68.9 Å². The molecule has 2 aromatic rings. The van der Waals surface area contributed by atoms with Gasteiger partial charge in [-0.1, -0.05) is 12.1 Å². The van der Waals surface area contributed by atoms with Crippen molar-refractivity contribution in [1.29, 1.82) is 5.26 Å². The van der Waals surface area contributed by atoms with E-state index in [2.05, 4.69) is 16.4 Å². The molecule has 0 aliphatic carbocycles. The van der Waals surface area contributed by atoms with Crippen LogP contribution in [0.3, 0.4) is 0 Å². The summed E-state index contributed by atoms with van der Waals surface area (Å²) < 4.78 is 0. The lowest BCUT2D eigenvalue weighted by Gasteiger charge is -2.11. The van der Waals surface area contributed by atoms with Crippen molar-refractivity contribution in [3.8, 4) is 11.8 Å². The van der Waals surface area contributed by atoms with Gasteiger partial charge in [-0.05, 0) is 44.0 Å². The van der Waals surface area contributed by atoms with Gasteiger partial charge in [0.05, 0.1) is 16.9 Å². The molecule has 0 aliphatic heterocycles.